The van der Waals surface area contributed by atoms with Crippen LogP contribution in [0.1, 0.15) is 62.0 Å². The van der Waals surface area contributed by atoms with Gasteiger partial charge in [0, 0.05) is 37.7 Å². The van der Waals surface area contributed by atoms with Gasteiger partial charge < -0.3 is 25.5 Å². The number of nitrogens with two attached hydrogens (primary N) is 2. The number of hydrazine groups is 1. The van der Waals surface area contributed by atoms with E-state index in [0.717, 1.165) is 59.3 Å². The van der Waals surface area contributed by atoms with E-state index in [0.29, 0.717) is 35.2 Å². The summed E-state index contributed by atoms with van der Waals surface area (Å²) in [6.07, 6.45) is 6.84. The molecule has 2 aliphatic rings. The van der Waals surface area contributed by atoms with Crippen LogP contribution in [0.2, 0.25) is 0 Å². The molecule has 1 atom stereocenters. The van der Waals surface area contributed by atoms with Crippen molar-refractivity contribution < 1.29 is 23.9 Å². The number of carbonyl (C=O) groups is 3. The van der Waals surface area contributed by atoms with Crippen molar-refractivity contribution in [3.63, 3.8) is 0 Å². The molecular formula is C33H41N5O5S. The monoisotopic (exact) mass is 619 g/mol. The predicted octanol–water partition coefficient (Wildman–Crippen LogP) is 5.18. The van der Waals surface area contributed by atoms with Crippen LogP contribution in [0.3, 0.4) is 0 Å². The van der Waals surface area contributed by atoms with E-state index >= 15 is 0 Å². The number of rotatable bonds is 10. The molecule has 10 nitrogen and oxygen atoms in total. The number of anilines is 2. The van der Waals surface area contributed by atoms with Gasteiger partial charge in [0.15, 0.2) is 6.61 Å². The third-order valence-corrected chi connectivity index (χ3v) is 9.22. The van der Waals surface area contributed by atoms with Crippen molar-refractivity contribution in [2.24, 2.45) is 5.84 Å². The second-order valence-electron chi connectivity index (χ2n) is 11.5. The van der Waals surface area contributed by atoms with Gasteiger partial charge in [-0.2, -0.15) is 0 Å². The highest BCUT2D eigenvalue weighted by atomic mass is 32.2. The second kappa shape index (κ2) is 14.2. The van der Waals surface area contributed by atoms with Gasteiger partial charge in [-0.3, -0.25) is 19.3 Å². The van der Waals surface area contributed by atoms with Crippen LogP contribution in [0, 0.1) is 0 Å². The van der Waals surface area contributed by atoms with Crippen LogP contribution in [0.15, 0.2) is 48.5 Å². The zero-order valence-corrected chi connectivity index (χ0v) is 26.2. The number of fused-ring (bicyclic) bond motifs is 1. The van der Waals surface area contributed by atoms with Crippen LogP contribution >= 0.6 is 11.8 Å². The lowest BCUT2D eigenvalue weighted by Crippen LogP contribution is -2.37. The van der Waals surface area contributed by atoms with E-state index in [1.165, 1.54) is 22.8 Å². The predicted molar refractivity (Wildman–Crippen MR) is 175 cm³/mol. The van der Waals surface area contributed by atoms with Crippen LogP contribution in [-0.2, 0) is 9.59 Å². The molecule has 234 valence electrons. The topological polar surface area (TPSA) is 140 Å². The molecule has 0 spiro atoms. The zero-order chi connectivity index (χ0) is 31.2. The Morgan fingerprint density at radius 2 is 1.80 bits per heavy atom. The fourth-order valence-electron chi connectivity index (χ4n) is 6.11. The molecule has 0 aromatic heterocycles. The van der Waals surface area contributed by atoms with E-state index in [-0.39, 0.29) is 36.1 Å². The van der Waals surface area contributed by atoms with Crippen molar-refractivity contribution in [2.45, 2.75) is 56.9 Å². The normalized spacial score (nSPS) is 16.4. The summed E-state index contributed by atoms with van der Waals surface area (Å²) in [6, 6.07) is 15.5. The largest absolute Gasteiger partial charge is 0.494 e. The minimum Gasteiger partial charge on any atom is -0.494 e. The molecule has 1 saturated heterocycles. The van der Waals surface area contributed by atoms with Gasteiger partial charge in [0.2, 0.25) is 5.91 Å². The van der Waals surface area contributed by atoms with Gasteiger partial charge in [-0.05, 0) is 59.0 Å². The van der Waals surface area contributed by atoms with Crippen molar-refractivity contribution in [3.05, 3.63) is 59.7 Å². The number of nitrogens with zero attached hydrogens (tertiary/aromatic N) is 2. The molecule has 44 heavy (non-hydrogen) atoms. The molecule has 1 aliphatic carbocycles. The smallest absolute Gasteiger partial charge is 0.288 e. The molecule has 3 aromatic rings. The number of imide groups is 1. The molecule has 2 fully saturated rings. The second-order valence-corrected chi connectivity index (χ2v) is 12.5. The van der Waals surface area contributed by atoms with Crippen LogP contribution in [0.5, 0.6) is 11.5 Å². The maximum absolute atomic E-state index is 13.4. The van der Waals surface area contributed by atoms with Crippen LogP contribution in [0.4, 0.5) is 16.2 Å². The molecule has 3 aromatic carbocycles. The van der Waals surface area contributed by atoms with Gasteiger partial charge in [0.05, 0.1) is 12.8 Å². The summed E-state index contributed by atoms with van der Waals surface area (Å²) in [6.45, 7) is 0.339. The van der Waals surface area contributed by atoms with Crippen molar-refractivity contribution >= 4 is 51.0 Å². The van der Waals surface area contributed by atoms with Gasteiger partial charge in [-0.25, -0.2) is 5.84 Å². The Morgan fingerprint density at radius 1 is 1.05 bits per heavy atom. The lowest BCUT2D eigenvalue weighted by Gasteiger charge is -2.24. The van der Waals surface area contributed by atoms with Gasteiger partial charge >= 0.3 is 0 Å². The lowest BCUT2D eigenvalue weighted by atomic mass is 9.86. The number of nitrogen functional groups attached to an aromatic ring is 1. The average Bonchev–Trinajstić information content (AvgIpc) is 3.28. The first kappa shape index (κ1) is 31.5. The van der Waals surface area contributed by atoms with E-state index in [2.05, 4.69) is 5.32 Å². The molecule has 1 heterocycles. The Morgan fingerprint density at radius 3 is 2.48 bits per heavy atom. The molecule has 1 saturated carbocycles. The molecule has 11 heteroatoms. The first-order chi connectivity index (χ1) is 21.2. The highest BCUT2D eigenvalue weighted by Crippen LogP contribution is 2.40. The van der Waals surface area contributed by atoms with Crippen molar-refractivity contribution in [3.8, 4) is 11.5 Å². The summed E-state index contributed by atoms with van der Waals surface area (Å²) in [5.41, 5.74) is 9.00. The molecule has 3 amide bonds. The third kappa shape index (κ3) is 7.39. The summed E-state index contributed by atoms with van der Waals surface area (Å²) in [5.74, 6) is 6.88. The maximum atomic E-state index is 13.4. The highest BCUT2D eigenvalue weighted by molar-refractivity contribution is 8.13. The Hall–Kier alpha value is -3.96. The summed E-state index contributed by atoms with van der Waals surface area (Å²) < 4.78 is 11.5. The minimum absolute atomic E-state index is 0.0539. The Labute approximate surface area is 262 Å². The van der Waals surface area contributed by atoms with Gasteiger partial charge in [0.1, 0.15) is 17.2 Å². The fourth-order valence-corrected chi connectivity index (χ4v) is 6.91. The third-order valence-electron chi connectivity index (χ3n) is 8.37. The number of nitrogens with one attached hydrogen (secondary N) is 1. The fraction of sp³-hybridized carbons (Fsp3) is 0.424. The first-order valence-corrected chi connectivity index (χ1v) is 16.1. The standard InChI is InChI=1S/C33H41N5O5S/c1-37(35)32-28(34)17-24(18-29(32)42-2)27(19-31(40)38-13-14-44-33(38)41)22-10-9-21-11-12-26(16-23(21)15-22)43-20-30(39)36-25-7-5-3-4-6-8-25/h9-12,15-18,25,27H,3-8,13-14,19-20,34-35H2,1-2H3,(H,36,39). The van der Waals surface area contributed by atoms with Crippen molar-refractivity contribution in [1.82, 2.24) is 10.2 Å². The molecule has 1 unspecified atom stereocenters. The molecule has 0 radical (unpaired) electrons. The number of methoxy groups -OCH3 is 1. The molecular weight excluding hydrogens is 578 g/mol. The van der Waals surface area contributed by atoms with Crippen LogP contribution in [-0.4, -0.2) is 61.1 Å². The number of carbonyl (C=O) groups excluding carboxylic acids is 3. The Bertz CT molecular complexity index is 1520. The quantitative estimate of drug-likeness (QED) is 0.121. The summed E-state index contributed by atoms with van der Waals surface area (Å²) >= 11 is 1.15. The van der Waals surface area contributed by atoms with Crippen LogP contribution < -0.4 is 31.4 Å². The number of ether oxygens (including phenoxy) is 2. The summed E-state index contributed by atoms with van der Waals surface area (Å²) in [7, 11) is 3.22. The number of hydrogen-bond acceptors (Lipinski definition) is 9. The van der Waals surface area contributed by atoms with E-state index in [1.807, 2.05) is 42.5 Å². The van der Waals surface area contributed by atoms with Gasteiger partial charge in [-0.15, -0.1) is 0 Å². The number of thioether (sulfide) groups is 1. The maximum Gasteiger partial charge on any atom is 0.288 e. The van der Waals surface area contributed by atoms with Crippen LogP contribution in [0.25, 0.3) is 10.8 Å². The Kier molecular flexibility index (Phi) is 10.2. The van der Waals surface area contributed by atoms with Gasteiger partial charge in [-0.1, -0.05) is 61.7 Å². The van der Waals surface area contributed by atoms with Crippen molar-refractivity contribution in [2.75, 3.05) is 43.8 Å². The Balaban J connectivity index is 1.42. The highest BCUT2D eigenvalue weighted by Gasteiger charge is 2.31. The summed E-state index contributed by atoms with van der Waals surface area (Å²) in [4.78, 5) is 39.7. The SMILES string of the molecule is COc1cc(C(CC(=O)N2CCSC2=O)c2ccc3ccc(OCC(=O)NC4CCCCCC4)cc3c2)cc(N)c1N(C)N. The number of amides is 3. The molecule has 5 N–H and O–H groups in total. The van der Waals surface area contributed by atoms with E-state index in [4.69, 9.17) is 21.1 Å². The molecule has 1 aliphatic heterocycles. The average molecular weight is 620 g/mol. The van der Waals surface area contributed by atoms with Crippen molar-refractivity contribution in [1.29, 1.82) is 0 Å². The molecule has 5 rings (SSSR count). The summed E-state index contributed by atoms with van der Waals surface area (Å²) in [5, 5.41) is 6.17. The van der Waals surface area contributed by atoms with E-state index in [1.54, 1.807) is 20.2 Å². The van der Waals surface area contributed by atoms with E-state index in [9.17, 15) is 14.4 Å². The molecule has 0 bridgehead atoms. The van der Waals surface area contributed by atoms with E-state index < -0.39 is 5.92 Å². The zero-order valence-electron chi connectivity index (χ0n) is 25.3. The minimum atomic E-state index is -0.423. The number of benzene rings is 3. The van der Waals surface area contributed by atoms with Gasteiger partial charge in [0.25, 0.3) is 11.1 Å². The lowest BCUT2D eigenvalue weighted by molar-refractivity contribution is -0.127. The number of hydrogen-bond donors (Lipinski definition) is 3. The first-order valence-electron chi connectivity index (χ1n) is 15.1.